The van der Waals surface area contributed by atoms with Crippen molar-refractivity contribution in [1.29, 1.82) is 0 Å². The summed E-state index contributed by atoms with van der Waals surface area (Å²) in [6.07, 6.45) is 2.08. The number of rotatable bonds is 4. The van der Waals surface area contributed by atoms with Crippen molar-refractivity contribution in [1.82, 2.24) is 4.90 Å². The van der Waals surface area contributed by atoms with Crippen molar-refractivity contribution >= 4 is 17.5 Å². The Kier molecular flexibility index (Phi) is 5.20. The third-order valence-electron chi connectivity index (χ3n) is 3.70. The van der Waals surface area contributed by atoms with Crippen LogP contribution in [0, 0.1) is 5.92 Å². The monoisotopic (exact) mass is 290 g/mol. The minimum absolute atomic E-state index is 0.0902. The summed E-state index contributed by atoms with van der Waals surface area (Å²) in [5.74, 6) is 0.884. The van der Waals surface area contributed by atoms with Gasteiger partial charge in [-0.25, -0.2) is 0 Å². The van der Waals surface area contributed by atoms with Crippen molar-refractivity contribution in [2.45, 2.75) is 26.2 Å². The van der Waals surface area contributed by atoms with Crippen LogP contribution in [0.25, 0.3) is 0 Å². The molecule has 114 valence electrons. The number of benzene rings is 1. The quantitative estimate of drug-likeness (QED) is 0.866. The molecule has 2 amide bonds. The minimum atomic E-state index is -0.275. The van der Waals surface area contributed by atoms with E-state index in [1.807, 2.05) is 0 Å². The second-order valence-electron chi connectivity index (χ2n) is 5.54. The molecule has 1 aliphatic rings. The molecule has 2 rings (SSSR count). The number of methoxy groups -OCH3 is 1. The summed E-state index contributed by atoms with van der Waals surface area (Å²) in [6, 6.07) is 7.04. The topological polar surface area (TPSA) is 58.6 Å². The molecule has 1 aromatic rings. The molecule has 0 saturated carbocycles. The van der Waals surface area contributed by atoms with Gasteiger partial charge in [-0.2, -0.15) is 0 Å². The molecule has 1 heterocycles. The van der Waals surface area contributed by atoms with Gasteiger partial charge in [0.05, 0.1) is 7.11 Å². The lowest BCUT2D eigenvalue weighted by Gasteiger charge is -2.30. The first-order chi connectivity index (χ1) is 10.1. The number of hydrogen-bond donors (Lipinski definition) is 1. The highest BCUT2D eigenvalue weighted by Gasteiger charge is 2.22. The highest BCUT2D eigenvalue weighted by molar-refractivity contribution is 6.03. The van der Waals surface area contributed by atoms with E-state index in [0.29, 0.717) is 11.6 Å². The maximum atomic E-state index is 12.1. The molecule has 0 spiro atoms. The molecule has 5 heteroatoms. The summed E-state index contributed by atoms with van der Waals surface area (Å²) >= 11 is 0. The first-order valence-electron chi connectivity index (χ1n) is 7.30. The van der Waals surface area contributed by atoms with Crippen molar-refractivity contribution in [2.75, 3.05) is 25.5 Å². The van der Waals surface area contributed by atoms with Gasteiger partial charge in [-0.1, -0.05) is 6.92 Å². The molecule has 0 bridgehead atoms. The van der Waals surface area contributed by atoms with Crippen LogP contribution in [0.4, 0.5) is 5.69 Å². The standard InChI is InChI=1S/C16H22N2O3/c1-12-4-3-9-18(11-12)16(20)10-15(19)17-13-5-7-14(21-2)8-6-13/h5-8,12H,3-4,9-11H2,1-2H3,(H,17,19). The van der Waals surface area contributed by atoms with Crippen molar-refractivity contribution < 1.29 is 14.3 Å². The fourth-order valence-corrected chi connectivity index (χ4v) is 2.54. The molecule has 1 aliphatic heterocycles. The molecule has 0 radical (unpaired) electrons. The summed E-state index contributed by atoms with van der Waals surface area (Å²) in [7, 11) is 1.59. The second-order valence-corrected chi connectivity index (χ2v) is 5.54. The highest BCUT2D eigenvalue weighted by atomic mass is 16.5. The van der Waals surface area contributed by atoms with Gasteiger partial charge < -0.3 is 15.0 Å². The predicted octanol–water partition coefficient (Wildman–Crippen LogP) is 2.28. The Bertz CT molecular complexity index is 499. The number of carbonyl (C=O) groups excluding carboxylic acids is 2. The van der Waals surface area contributed by atoms with Gasteiger partial charge in [0, 0.05) is 18.8 Å². The lowest BCUT2D eigenvalue weighted by atomic mass is 10.00. The molecule has 1 fully saturated rings. The number of carbonyl (C=O) groups is 2. The first kappa shape index (κ1) is 15.4. The summed E-state index contributed by atoms with van der Waals surface area (Å²) in [5.41, 5.74) is 0.667. The number of amides is 2. The van der Waals surface area contributed by atoms with Crippen molar-refractivity contribution in [3.8, 4) is 5.75 Å². The number of nitrogens with zero attached hydrogens (tertiary/aromatic N) is 1. The molecule has 21 heavy (non-hydrogen) atoms. The molecule has 5 nitrogen and oxygen atoms in total. The lowest BCUT2D eigenvalue weighted by Crippen LogP contribution is -2.40. The molecular formula is C16H22N2O3. The minimum Gasteiger partial charge on any atom is -0.497 e. The average Bonchev–Trinajstić information content (AvgIpc) is 2.48. The van der Waals surface area contributed by atoms with Crippen molar-refractivity contribution in [3.63, 3.8) is 0 Å². The summed E-state index contributed by atoms with van der Waals surface area (Å²) in [6.45, 7) is 3.66. The van der Waals surface area contributed by atoms with E-state index < -0.39 is 0 Å². The van der Waals surface area contributed by atoms with Gasteiger partial charge in [-0.3, -0.25) is 9.59 Å². The number of hydrogen-bond acceptors (Lipinski definition) is 3. The number of nitrogens with one attached hydrogen (secondary N) is 1. The summed E-state index contributed by atoms with van der Waals surface area (Å²) < 4.78 is 5.05. The van der Waals surface area contributed by atoms with E-state index in [4.69, 9.17) is 4.74 Å². The van der Waals surface area contributed by atoms with Gasteiger partial charge in [0.1, 0.15) is 12.2 Å². The van der Waals surface area contributed by atoms with E-state index in [-0.39, 0.29) is 18.2 Å². The van der Waals surface area contributed by atoms with Crippen LogP contribution in [0.5, 0.6) is 5.75 Å². The maximum Gasteiger partial charge on any atom is 0.233 e. The fourth-order valence-electron chi connectivity index (χ4n) is 2.54. The lowest BCUT2D eigenvalue weighted by molar-refractivity contribution is -0.136. The normalized spacial score (nSPS) is 18.2. The van der Waals surface area contributed by atoms with E-state index in [1.54, 1.807) is 36.3 Å². The zero-order chi connectivity index (χ0) is 15.2. The highest BCUT2D eigenvalue weighted by Crippen LogP contribution is 2.17. The van der Waals surface area contributed by atoms with Gasteiger partial charge in [-0.15, -0.1) is 0 Å². The smallest absolute Gasteiger partial charge is 0.233 e. The van der Waals surface area contributed by atoms with E-state index in [9.17, 15) is 9.59 Å². The number of likely N-dealkylation sites (tertiary alicyclic amines) is 1. The Morgan fingerprint density at radius 1 is 1.33 bits per heavy atom. The molecule has 1 saturated heterocycles. The van der Waals surface area contributed by atoms with Crippen LogP contribution in [0.15, 0.2) is 24.3 Å². The third-order valence-corrected chi connectivity index (χ3v) is 3.70. The van der Waals surface area contributed by atoms with Gasteiger partial charge >= 0.3 is 0 Å². The Morgan fingerprint density at radius 2 is 2.05 bits per heavy atom. The van der Waals surface area contributed by atoms with Crippen molar-refractivity contribution in [2.24, 2.45) is 5.92 Å². The van der Waals surface area contributed by atoms with Crippen LogP contribution < -0.4 is 10.1 Å². The Morgan fingerprint density at radius 3 is 2.67 bits per heavy atom. The third kappa shape index (κ3) is 4.48. The molecule has 0 aromatic heterocycles. The number of piperidine rings is 1. The van der Waals surface area contributed by atoms with Crippen LogP contribution in [-0.2, 0) is 9.59 Å². The largest absolute Gasteiger partial charge is 0.497 e. The Balaban J connectivity index is 1.84. The van der Waals surface area contributed by atoms with Gasteiger partial charge in [0.15, 0.2) is 0 Å². The molecule has 0 aliphatic carbocycles. The van der Waals surface area contributed by atoms with Crippen LogP contribution in [-0.4, -0.2) is 36.9 Å². The van der Waals surface area contributed by atoms with Gasteiger partial charge in [0.25, 0.3) is 0 Å². The maximum absolute atomic E-state index is 12.1. The number of ether oxygens (including phenoxy) is 1. The van der Waals surface area contributed by atoms with E-state index in [2.05, 4.69) is 12.2 Å². The SMILES string of the molecule is COc1ccc(NC(=O)CC(=O)N2CCCC(C)C2)cc1. The fraction of sp³-hybridized carbons (Fsp3) is 0.500. The summed E-state index contributed by atoms with van der Waals surface area (Å²) in [4.78, 5) is 25.8. The van der Waals surface area contributed by atoms with Crippen LogP contribution >= 0.6 is 0 Å². The van der Waals surface area contributed by atoms with Crippen molar-refractivity contribution in [3.05, 3.63) is 24.3 Å². The predicted molar refractivity (Wildman–Crippen MR) is 81.2 cm³/mol. The second kappa shape index (κ2) is 7.11. The zero-order valence-corrected chi connectivity index (χ0v) is 12.6. The molecule has 1 N–H and O–H groups in total. The average molecular weight is 290 g/mol. The first-order valence-corrected chi connectivity index (χ1v) is 7.30. The molecular weight excluding hydrogens is 268 g/mol. The van der Waals surface area contributed by atoms with E-state index in [0.717, 1.165) is 31.7 Å². The van der Waals surface area contributed by atoms with Gasteiger partial charge in [-0.05, 0) is 43.0 Å². The molecule has 1 atom stereocenters. The van der Waals surface area contributed by atoms with Crippen LogP contribution in [0.2, 0.25) is 0 Å². The molecule has 1 aromatic carbocycles. The Labute approximate surface area is 125 Å². The van der Waals surface area contributed by atoms with E-state index in [1.165, 1.54) is 0 Å². The van der Waals surface area contributed by atoms with E-state index >= 15 is 0 Å². The number of anilines is 1. The zero-order valence-electron chi connectivity index (χ0n) is 12.6. The van der Waals surface area contributed by atoms with Crippen LogP contribution in [0.3, 0.4) is 0 Å². The summed E-state index contributed by atoms with van der Waals surface area (Å²) in [5, 5.41) is 2.73. The van der Waals surface area contributed by atoms with Gasteiger partial charge in [0.2, 0.25) is 11.8 Å². The van der Waals surface area contributed by atoms with Crippen LogP contribution in [0.1, 0.15) is 26.2 Å². The Hall–Kier alpha value is -2.04. The molecule has 1 unspecified atom stereocenters.